The van der Waals surface area contributed by atoms with E-state index in [0.29, 0.717) is 12.2 Å². The molecule has 0 atom stereocenters. The number of anilines is 2. The van der Waals surface area contributed by atoms with E-state index in [9.17, 15) is 8.42 Å². The third-order valence-corrected chi connectivity index (χ3v) is 3.62. The first kappa shape index (κ1) is 15.3. The number of nitrogens with two attached hydrogens (primary N) is 1. The van der Waals surface area contributed by atoms with Gasteiger partial charge < -0.3 is 5.32 Å². The Kier molecular flexibility index (Phi) is 4.50. The summed E-state index contributed by atoms with van der Waals surface area (Å²) in [5.74, 6) is 0. The van der Waals surface area contributed by atoms with E-state index in [4.69, 9.17) is 5.14 Å². The van der Waals surface area contributed by atoms with Gasteiger partial charge in [0, 0.05) is 12.2 Å². The molecule has 0 unspecified atom stereocenters. The molecule has 0 spiro atoms. The van der Waals surface area contributed by atoms with Crippen LogP contribution in [-0.2, 0) is 16.8 Å². The Bertz CT molecular complexity index is 742. The van der Waals surface area contributed by atoms with Crippen molar-refractivity contribution in [2.75, 3.05) is 10.0 Å². The van der Waals surface area contributed by atoms with E-state index in [1.54, 1.807) is 18.2 Å². The lowest BCUT2D eigenvalue weighted by Crippen LogP contribution is -2.21. The average Bonchev–Trinajstić information content (AvgIpc) is 2.36. The molecule has 0 saturated carbocycles. The second kappa shape index (κ2) is 6.15. The molecule has 4 N–H and O–H groups in total. The van der Waals surface area contributed by atoms with Crippen LogP contribution in [0.4, 0.5) is 11.4 Å². The van der Waals surface area contributed by atoms with Crippen molar-refractivity contribution in [3.8, 4) is 0 Å². The fraction of sp³-hybridized carbons (Fsp3) is 0.200. The largest absolute Gasteiger partial charge is 0.381 e. The van der Waals surface area contributed by atoms with Crippen molar-refractivity contribution in [3.05, 3.63) is 59.2 Å². The lowest BCUT2D eigenvalue weighted by Gasteiger charge is -2.11. The molecule has 112 valence electrons. The molecule has 0 radical (unpaired) electrons. The van der Waals surface area contributed by atoms with Gasteiger partial charge in [-0.05, 0) is 43.2 Å². The predicted octanol–water partition coefficient (Wildman–Crippen LogP) is 2.53. The summed E-state index contributed by atoms with van der Waals surface area (Å²) in [6, 6.07) is 13.3. The highest BCUT2D eigenvalue weighted by atomic mass is 32.2. The highest BCUT2D eigenvalue weighted by Gasteiger charge is 2.03. The van der Waals surface area contributed by atoms with E-state index < -0.39 is 10.2 Å². The highest BCUT2D eigenvalue weighted by molar-refractivity contribution is 7.90. The zero-order valence-electron chi connectivity index (χ0n) is 12.1. The minimum absolute atomic E-state index is 0.433. The van der Waals surface area contributed by atoms with Crippen LogP contribution in [0.2, 0.25) is 0 Å². The van der Waals surface area contributed by atoms with Gasteiger partial charge in [0.2, 0.25) is 0 Å². The number of benzene rings is 2. The maximum absolute atomic E-state index is 11.0. The van der Waals surface area contributed by atoms with Crippen molar-refractivity contribution in [2.24, 2.45) is 5.14 Å². The molecular formula is C15H19N3O2S. The van der Waals surface area contributed by atoms with Crippen molar-refractivity contribution in [2.45, 2.75) is 20.4 Å². The monoisotopic (exact) mass is 305 g/mol. The third kappa shape index (κ3) is 4.77. The minimum atomic E-state index is -3.75. The third-order valence-electron chi connectivity index (χ3n) is 3.10. The van der Waals surface area contributed by atoms with Gasteiger partial charge in [0.1, 0.15) is 0 Å². The zero-order chi connectivity index (χ0) is 15.5. The van der Waals surface area contributed by atoms with Gasteiger partial charge in [0.15, 0.2) is 0 Å². The SMILES string of the molecule is Cc1ccc(CNc2cccc(NS(N)(=O)=O)c2)c(C)c1. The van der Waals surface area contributed by atoms with Gasteiger partial charge in [0.25, 0.3) is 10.2 Å². The molecule has 0 aliphatic carbocycles. The summed E-state index contributed by atoms with van der Waals surface area (Å²) in [6.45, 7) is 4.81. The molecule has 0 aliphatic heterocycles. The van der Waals surface area contributed by atoms with E-state index in [1.807, 2.05) is 6.07 Å². The average molecular weight is 305 g/mol. The van der Waals surface area contributed by atoms with Crippen LogP contribution in [0, 0.1) is 13.8 Å². The smallest absolute Gasteiger partial charge is 0.296 e. The van der Waals surface area contributed by atoms with E-state index in [-0.39, 0.29) is 0 Å². The van der Waals surface area contributed by atoms with Gasteiger partial charge in [-0.1, -0.05) is 29.8 Å². The highest BCUT2D eigenvalue weighted by Crippen LogP contribution is 2.18. The Morgan fingerprint density at radius 2 is 1.76 bits per heavy atom. The molecule has 6 heteroatoms. The maximum atomic E-state index is 11.0. The number of rotatable bonds is 5. The molecule has 0 amide bonds. The number of hydrogen-bond acceptors (Lipinski definition) is 3. The zero-order valence-corrected chi connectivity index (χ0v) is 12.9. The van der Waals surface area contributed by atoms with Crippen molar-refractivity contribution in [1.82, 2.24) is 0 Å². The van der Waals surface area contributed by atoms with E-state index in [0.717, 1.165) is 5.69 Å². The molecule has 21 heavy (non-hydrogen) atoms. The molecule has 2 aromatic rings. The Labute approximate surface area is 125 Å². The summed E-state index contributed by atoms with van der Waals surface area (Å²) in [4.78, 5) is 0. The molecule has 0 bridgehead atoms. The second-order valence-electron chi connectivity index (χ2n) is 5.01. The predicted molar refractivity (Wildman–Crippen MR) is 86.4 cm³/mol. The number of nitrogens with one attached hydrogen (secondary N) is 2. The Morgan fingerprint density at radius 1 is 1.05 bits per heavy atom. The quantitative estimate of drug-likeness (QED) is 0.793. The molecule has 0 aromatic heterocycles. The first-order valence-corrected chi connectivity index (χ1v) is 8.09. The van der Waals surface area contributed by atoms with E-state index in [2.05, 4.69) is 42.1 Å². The van der Waals surface area contributed by atoms with Crippen LogP contribution < -0.4 is 15.2 Å². The van der Waals surface area contributed by atoms with Crippen molar-refractivity contribution >= 4 is 21.6 Å². The van der Waals surface area contributed by atoms with E-state index in [1.165, 1.54) is 16.7 Å². The molecule has 5 nitrogen and oxygen atoms in total. The molecule has 0 heterocycles. The van der Waals surface area contributed by atoms with Gasteiger partial charge >= 0.3 is 0 Å². The summed E-state index contributed by atoms with van der Waals surface area (Å²) in [5.41, 5.74) is 4.91. The first-order valence-electron chi connectivity index (χ1n) is 6.54. The van der Waals surface area contributed by atoms with Crippen LogP contribution in [0.15, 0.2) is 42.5 Å². The fourth-order valence-corrected chi connectivity index (χ4v) is 2.55. The molecule has 2 rings (SSSR count). The van der Waals surface area contributed by atoms with Crippen LogP contribution in [0.1, 0.15) is 16.7 Å². The summed E-state index contributed by atoms with van der Waals surface area (Å²) < 4.78 is 24.3. The first-order chi connectivity index (χ1) is 9.83. The summed E-state index contributed by atoms with van der Waals surface area (Å²) >= 11 is 0. The Morgan fingerprint density at radius 3 is 2.43 bits per heavy atom. The molecule has 0 saturated heterocycles. The van der Waals surface area contributed by atoms with Crippen LogP contribution in [0.25, 0.3) is 0 Å². The van der Waals surface area contributed by atoms with E-state index >= 15 is 0 Å². The molecule has 2 aromatic carbocycles. The normalized spacial score (nSPS) is 11.2. The maximum Gasteiger partial charge on any atom is 0.296 e. The minimum Gasteiger partial charge on any atom is -0.381 e. The number of hydrogen-bond donors (Lipinski definition) is 3. The number of aryl methyl sites for hydroxylation is 2. The van der Waals surface area contributed by atoms with Crippen LogP contribution in [0.5, 0.6) is 0 Å². The van der Waals surface area contributed by atoms with Crippen molar-refractivity contribution in [3.63, 3.8) is 0 Å². The lowest BCUT2D eigenvalue weighted by molar-refractivity contribution is 0.603. The molecule has 0 aliphatic rings. The van der Waals surface area contributed by atoms with Crippen LogP contribution in [-0.4, -0.2) is 8.42 Å². The molecule has 0 fully saturated rings. The van der Waals surface area contributed by atoms with Crippen molar-refractivity contribution < 1.29 is 8.42 Å². The van der Waals surface area contributed by atoms with Gasteiger partial charge in [-0.25, -0.2) is 5.14 Å². The van der Waals surface area contributed by atoms with Gasteiger partial charge in [-0.2, -0.15) is 8.42 Å². The lowest BCUT2D eigenvalue weighted by atomic mass is 10.1. The standard InChI is InChI=1S/C15H19N3O2S/c1-11-6-7-13(12(2)8-11)10-17-14-4-3-5-15(9-14)18-21(16,19)20/h3-9,17-18H,10H2,1-2H3,(H2,16,19,20). The molecular weight excluding hydrogens is 286 g/mol. The van der Waals surface area contributed by atoms with Gasteiger partial charge in [0.05, 0.1) is 5.69 Å². The Balaban J connectivity index is 2.08. The summed E-state index contributed by atoms with van der Waals surface area (Å²) in [5, 5.41) is 8.23. The van der Waals surface area contributed by atoms with Crippen LogP contribution >= 0.6 is 0 Å². The van der Waals surface area contributed by atoms with Gasteiger partial charge in [-0.3, -0.25) is 4.72 Å². The summed E-state index contributed by atoms with van der Waals surface area (Å²) in [6.07, 6.45) is 0. The van der Waals surface area contributed by atoms with Crippen molar-refractivity contribution in [1.29, 1.82) is 0 Å². The van der Waals surface area contributed by atoms with Gasteiger partial charge in [-0.15, -0.1) is 0 Å². The topological polar surface area (TPSA) is 84.2 Å². The fourth-order valence-electron chi connectivity index (χ4n) is 2.10. The Hall–Kier alpha value is -2.05. The van der Waals surface area contributed by atoms with Crippen LogP contribution in [0.3, 0.4) is 0 Å². The summed E-state index contributed by atoms with van der Waals surface area (Å²) in [7, 11) is -3.75. The second-order valence-corrected chi connectivity index (χ2v) is 6.31.